The molecule has 0 N–H and O–H groups in total. The highest BCUT2D eigenvalue weighted by Gasteiger charge is 2.35. The van der Waals surface area contributed by atoms with Crippen molar-refractivity contribution in [3.8, 4) is 0 Å². The van der Waals surface area contributed by atoms with Crippen LogP contribution in [0.25, 0.3) is 0 Å². The summed E-state index contributed by atoms with van der Waals surface area (Å²) in [6, 6.07) is 0. The molecule has 11 heavy (non-hydrogen) atoms. The zero-order chi connectivity index (χ0) is 8.65. The van der Waals surface area contributed by atoms with Crippen LogP contribution in [-0.4, -0.2) is 28.7 Å². The van der Waals surface area contributed by atoms with E-state index in [4.69, 9.17) is 0 Å². The summed E-state index contributed by atoms with van der Waals surface area (Å²) >= 11 is 0. The van der Waals surface area contributed by atoms with Gasteiger partial charge in [0.05, 0.1) is 0 Å². The van der Waals surface area contributed by atoms with E-state index in [0.717, 1.165) is 0 Å². The molecule has 1 saturated heterocycles. The molecule has 0 aromatic carbocycles. The third kappa shape index (κ3) is 1.42. The minimum Gasteiger partial charge on any atom is -0.331 e. The maximum absolute atomic E-state index is 11.1. The van der Waals surface area contributed by atoms with Crippen molar-refractivity contribution in [2.75, 3.05) is 6.54 Å². The molecule has 3 nitrogen and oxygen atoms in total. The lowest BCUT2D eigenvalue weighted by molar-refractivity contribution is -0.142. The maximum atomic E-state index is 11.1. The topological polar surface area (TPSA) is 37.4 Å². The van der Waals surface area contributed by atoms with Crippen molar-refractivity contribution in [3.05, 3.63) is 0 Å². The number of nitrogens with zero attached hydrogens (tertiary/aromatic N) is 1. The molecule has 1 heterocycles. The monoisotopic (exact) mass is 155 g/mol. The van der Waals surface area contributed by atoms with Crippen LogP contribution in [0.1, 0.15) is 27.2 Å². The molecule has 0 radical (unpaired) electrons. The average Bonchev–Trinajstić information content (AvgIpc) is 2.11. The van der Waals surface area contributed by atoms with Crippen LogP contribution in [0.15, 0.2) is 0 Å². The molecule has 0 spiro atoms. The summed E-state index contributed by atoms with van der Waals surface area (Å²) in [6.45, 7) is 6.39. The number of carbonyl (C=O) groups is 2. The Bertz CT molecular complexity index is 203. The summed E-state index contributed by atoms with van der Waals surface area (Å²) in [4.78, 5) is 23.6. The number of carbonyl (C=O) groups excluding carboxylic acids is 2. The van der Waals surface area contributed by atoms with E-state index in [1.54, 1.807) is 4.90 Å². The molecule has 0 aromatic rings. The number of hydrogen-bond acceptors (Lipinski definition) is 2. The van der Waals surface area contributed by atoms with Crippen molar-refractivity contribution in [2.24, 2.45) is 0 Å². The van der Waals surface area contributed by atoms with Crippen molar-refractivity contribution in [1.82, 2.24) is 4.90 Å². The van der Waals surface area contributed by atoms with Gasteiger partial charge in [0, 0.05) is 18.5 Å². The first kappa shape index (κ1) is 8.24. The molecular formula is C8H13NO2. The van der Waals surface area contributed by atoms with Crippen LogP contribution in [0.5, 0.6) is 0 Å². The Labute approximate surface area is 66.4 Å². The Hall–Kier alpha value is -0.860. The molecule has 0 saturated carbocycles. The standard InChI is InChI=1S/C8H13NO2/c1-8(2,3)9-5-4-6(10)7(9)11/h4-5H2,1-3H3. The summed E-state index contributed by atoms with van der Waals surface area (Å²) in [5.74, 6) is -0.572. The molecular weight excluding hydrogens is 142 g/mol. The number of ketones is 1. The highest BCUT2D eigenvalue weighted by molar-refractivity contribution is 6.38. The predicted octanol–water partition coefficient (Wildman–Crippen LogP) is 0.586. The van der Waals surface area contributed by atoms with Crippen molar-refractivity contribution < 1.29 is 9.59 Å². The normalized spacial score (nSPS) is 19.7. The van der Waals surface area contributed by atoms with E-state index in [9.17, 15) is 9.59 Å². The van der Waals surface area contributed by atoms with Crippen LogP contribution in [0.2, 0.25) is 0 Å². The molecule has 1 aliphatic heterocycles. The first-order chi connectivity index (χ1) is 4.93. The van der Waals surface area contributed by atoms with Gasteiger partial charge in [-0.15, -0.1) is 0 Å². The lowest BCUT2D eigenvalue weighted by Crippen LogP contribution is -2.43. The zero-order valence-corrected chi connectivity index (χ0v) is 7.18. The Balaban J connectivity index is 2.78. The fourth-order valence-corrected chi connectivity index (χ4v) is 1.21. The van der Waals surface area contributed by atoms with Gasteiger partial charge < -0.3 is 4.90 Å². The average molecular weight is 155 g/mol. The second kappa shape index (κ2) is 2.32. The summed E-state index contributed by atoms with van der Waals surface area (Å²) in [7, 11) is 0. The van der Waals surface area contributed by atoms with Crippen LogP contribution < -0.4 is 0 Å². The maximum Gasteiger partial charge on any atom is 0.290 e. The third-order valence-electron chi connectivity index (χ3n) is 1.86. The molecule has 0 bridgehead atoms. The molecule has 3 heteroatoms. The molecule has 1 rings (SSSR count). The number of amides is 1. The number of hydrogen-bond donors (Lipinski definition) is 0. The van der Waals surface area contributed by atoms with Gasteiger partial charge in [0.1, 0.15) is 0 Å². The van der Waals surface area contributed by atoms with E-state index >= 15 is 0 Å². The Morgan fingerprint density at radius 2 is 1.82 bits per heavy atom. The van der Waals surface area contributed by atoms with Gasteiger partial charge in [-0.2, -0.15) is 0 Å². The summed E-state index contributed by atoms with van der Waals surface area (Å²) in [6.07, 6.45) is 0.385. The predicted molar refractivity (Wildman–Crippen MR) is 41.1 cm³/mol. The smallest absolute Gasteiger partial charge is 0.290 e. The molecule has 0 unspecified atom stereocenters. The van der Waals surface area contributed by atoms with Crippen LogP contribution in [-0.2, 0) is 9.59 Å². The van der Waals surface area contributed by atoms with Crippen LogP contribution in [0, 0.1) is 0 Å². The van der Waals surface area contributed by atoms with Crippen molar-refractivity contribution in [1.29, 1.82) is 0 Å². The highest BCUT2D eigenvalue weighted by Crippen LogP contribution is 2.18. The van der Waals surface area contributed by atoms with Crippen molar-refractivity contribution in [2.45, 2.75) is 32.7 Å². The van der Waals surface area contributed by atoms with E-state index < -0.39 is 0 Å². The van der Waals surface area contributed by atoms with Crippen molar-refractivity contribution in [3.63, 3.8) is 0 Å². The molecule has 0 aliphatic carbocycles. The minimum absolute atomic E-state index is 0.205. The minimum atomic E-state index is -0.322. The Morgan fingerprint density at radius 1 is 1.27 bits per heavy atom. The Kier molecular flexibility index (Phi) is 1.74. The van der Waals surface area contributed by atoms with E-state index in [2.05, 4.69) is 0 Å². The van der Waals surface area contributed by atoms with Crippen LogP contribution in [0.4, 0.5) is 0 Å². The van der Waals surface area contributed by atoms with Gasteiger partial charge >= 0.3 is 0 Å². The molecule has 1 amide bonds. The summed E-state index contributed by atoms with van der Waals surface area (Å²) < 4.78 is 0. The number of Topliss-reactive ketones (excluding diaryl/α,β-unsaturated/α-hetero) is 1. The van der Waals surface area contributed by atoms with E-state index in [1.807, 2.05) is 20.8 Å². The van der Waals surface area contributed by atoms with Gasteiger partial charge in [0.15, 0.2) is 0 Å². The molecule has 1 fully saturated rings. The molecule has 0 atom stereocenters. The highest BCUT2D eigenvalue weighted by atomic mass is 16.2. The van der Waals surface area contributed by atoms with Gasteiger partial charge in [-0.3, -0.25) is 9.59 Å². The van der Waals surface area contributed by atoms with Crippen molar-refractivity contribution >= 4 is 11.7 Å². The first-order valence-corrected chi connectivity index (χ1v) is 3.78. The van der Waals surface area contributed by atoms with E-state index in [0.29, 0.717) is 13.0 Å². The Morgan fingerprint density at radius 3 is 2.00 bits per heavy atom. The SMILES string of the molecule is CC(C)(C)N1CCC(=O)C1=O. The van der Waals surface area contributed by atoms with E-state index in [1.165, 1.54) is 0 Å². The van der Waals surface area contributed by atoms with E-state index in [-0.39, 0.29) is 17.2 Å². The summed E-state index contributed by atoms with van der Waals surface area (Å²) in [5, 5.41) is 0. The fourth-order valence-electron chi connectivity index (χ4n) is 1.21. The largest absolute Gasteiger partial charge is 0.331 e. The quantitative estimate of drug-likeness (QED) is 0.480. The van der Waals surface area contributed by atoms with Gasteiger partial charge in [0.25, 0.3) is 5.91 Å². The lowest BCUT2D eigenvalue weighted by Gasteiger charge is -2.30. The molecule has 1 aliphatic rings. The third-order valence-corrected chi connectivity index (χ3v) is 1.86. The second-order valence-corrected chi connectivity index (χ2v) is 3.80. The molecule has 0 aromatic heterocycles. The van der Waals surface area contributed by atoms with Crippen LogP contribution in [0.3, 0.4) is 0 Å². The van der Waals surface area contributed by atoms with Crippen LogP contribution >= 0.6 is 0 Å². The van der Waals surface area contributed by atoms with Gasteiger partial charge in [0.2, 0.25) is 5.78 Å². The van der Waals surface area contributed by atoms with Gasteiger partial charge in [-0.1, -0.05) is 0 Å². The number of likely N-dealkylation sites (tertiary alicyclic amines) is 1. The number of rotatable bonds is 0. The lowest BCUT2D eigenvalue weighted by atomic mass is 10.1. The van der Waals surface area contributed by atoms with Gasteiger partial charge in [-0.25, -0.2) is 0 Å². The first-order valence-electron chi connectivity index (χ1n) is 3.78. The molecule has 62 valence electrons. The summed E-state index contributed by atoms with van der Waals surface area (Å²) in [5.41, 5.74) is -0.205. The zero-order valence-electron chi connectivity index (χ0n) is 7.18. The second-order valence-electron chi connectivity index (χ2n) is 3.80. The fraction of sp³-hybridized carbons (Fsp3) is 0.750. The van der Waals surface area contributed by atoms with Gasteiger partial charge in [-0.05, 0) is 20.8 Å².